The molecule has 1 amide bonds. The molecule has 7 heteroatoms. The van der Waals surface area contributed by atoms with Gasteiger partial charge in [-0.25, -0.2) is 9.78 Å². The fourth-order valence-electron chi connectivity index (χ4n) is 1.47. The molecule has 0 spiro atoms. The van der Waals surface area contributed by atoms with Gasteiger partial charge in [0.1, 0.15) is 10.9 Å². The van der Waals surface area contributed by atoms with Crippen LogP contribution in [0.2, 0.25) is 0 Å². The number of hydrogen-bond donors (Lipinski definition) is 3. The van der Waals surface area contributed by atoms with Crippen LogP contribution in [0.25, 0.3) is 0 Å². The van der Waals surface area contributed by atoms with Crippen molar-refractivity contribution in [2.45, 2.75) is 33.7 Å². The molecule has 1 rings (SSSR count). The number of hydrogen-bond acceptors (Lipinski definition) is 5. The van der Waals surface area contributed by atoms with Gasteiger partial charge in [-0.05, 0) is 12.3 Å². The quantitative estimate of drug-likeness (QED) is 0.767. The third kappa shape index (κ3) is 3.19. The van der Waals surface area contributed by atoms with Crippen LogP contribution in [0.15, 0.2) is 0 Å². The average Bonchev–Trinajstić information content (AvgIpc) is 2.51. The van der Waals surface area contributed by atoms with E-state index in [2.05, 4.69) is 10.3 Å². The lowest BCUT2D eigenvalue weighted by molar-refractivity contribution is -0.142. The van der Waals surface area contributed by atoms with Gasteiger partial charge >= 0.3 is 5.97 Å². The van der Waals surface area contributed by atoms with Crippen LogP contribution in [0, 0.1) is 12.3 Å². The number of carboxylic acid groups (broad SMARTS) is 1. The summed E-state index contributed by atoms with van der Waals surface area (Å²) in [6.45, 7) is 6.91. The lowest BCUT2D eigenvalue weighted by Gasteiger charge is -2.27. The van der Waals surface area contributed by atoms with E-state index in [0.29, 0.717) is 15.7 Å². The number of carbonyl (C=O) groups is 2. The Hall–Kier alpha value is -1.63. The highest BCUT2D eigenvalue weighted by molar-refractivity contribution is 7.17. The normalized spacial score (nSPS) is 13.1. The zero-order valence-corrected chi connectivity index (χ0v) is 11.6. The Balaban J connectivity index is 2.93. The van der Waals surface area contributed by atoms with Gasteiger partial charge in [0.2, 0.25) is 0 Å². The Bertz CT molecular complexity index is 476. The van der Waals surface area contributed by atoms with Crippen LogP contribution >= 0.6 is 11.3 Å². The molecular formula is C11H17N3O3S. The van der Waals surface area contributed by atoms with Crippen molar-refractivity contribution in [1.29, 1.82) is 0 Å². The van der Waals surface area contributed by atoms with Gasteiger partial charge in [0.05, 0.1) is 5.69 Å². The molecule has 4 N–H and O–H groups in total. The predicted octanol–water partition coefficient (Wildman–Crippen LogP) is 1.26. The van der Waals surface area contributed by atoms with Crippen LogP contribution in [0.5, 0.6) is 0 Å². The number of rotatable bonds is 3. The summed E-state index contributed by atoms with van der Waals surface area (Å²) in [5, 5.41) is 11.9. The molecule has 18 heavy (non-hydrogen) atoms. The molecule has 0 bridgehead atoms. The van der Waals surface area contributed by atoms with Crippen LogP contribution in [0.1, 0.15) is 36.1 Å². The fourth-order valence-corrected chi connectivity index (χ4v) is 2.21. The molecular weight excluding hydrogens is 254 g/mol. The molecule has 0 aliphatic heterocycles. The molecule has 0 aromatic carbocycles. The number of aryl methyl sites for hydroxylation is 1. The second-order valence-corrected chi connectivity index (χ2v) is 6.11. The molecule has 100 valence electrons. The van der Waals surface area contributed by atoms with Crippen LogP contribution in [-0.2, 0) is 4.79 Å². The highest BCUT2D eigenvalue weighted by Gasteiger charge is 2.33. The Morgan fingerprint density at radius 2 is 2.00 bits per heavy atom. The maximum absolute atomic E-state index is 12.0. The predicted molar refractivity (Wildman–Crippen MR) is 69.6 cm³/mol. The average molecular weight is 271 g/mol. The molecule has 1 atom stereocenters. The lowest BCUT2D eigenvalue weighted by Crippen LogP contribution is -2.49. The van der Waals surface area contributed by atoms with Crippen LogP contribution in [0.3, 0.4) is 0 Å². The first-order chi connectivity index (χ1) is 8.12. The van der Waals surface area contributed by atoms with Gasteiger partial charge in [0.25, 0.3) is 5.91 Å². The van der Waals surface area contributed by atoms with E-state index in [1.54, 1.807) is 27.7 Å². The zero-order chi connectivity index (χ0) is 14.1. The van der Waals surface area contributed by atoms with E-state index in [0.717, 1.165) is 11.3 Å². The number of amides is 1. The third-order valence-corrected chi connectivity index (χ3v) is 3.39. The fraction of sp³-hybridized carbons (Fsp3) is 0.545. The van der Waals surface area contributed by atoms with E-state index in [4.69, 9.17) is 10.8 Å². The van der Waals surface area contributed by atoms with E-state index in [9.17, 15) is 9.59 Å². The van der Waals surface area contributed by atoms with Crippen molar-refractivity contribution in [3.05, 3.63) is 10.6 Å². The van der Waals surface area contributed by atoms with Crippen molar-refractivity contribution in [1.82, 2.24) is 10.3 Å². The van der Waals surface area contributed by atoms with Crippen molar-refractivity contribution < 1.29 is 14.7 Å². The number of thiazole rings is 1. The largest absolute Gasteiger partial charge is 0.480 e. The number of nitrogens with one attached hydrogen (secondary N) is 1. The summed E-state index contributed by atoms with van der Waals surface area (Å²) < 4.78 is 0. The number of aliphatic carboxylic acids is 1. The van der Waals surface area contributed by atoms with Crippen molar-refractivity contribution in [3.8, 4) is 0 Å². The third-order valence-electron chi connectivity index (χ3n) is 2.41. The molecule has 1 unspecified atom stereocenters. The number of carboxylic acids is 1. The second kappa shape index (κ2) is 4.93. The van der Waals surface area contributed by atoms with Gasteiger partial charge in [0.15, 0.2) is 5.13 Å². The molecule has 0 fully saturated rings. The highest BCUT2D eigenvalue weighted by atomic mass is 32.1. The van der Waals surface area contributed by atoms with Gasteiger partial charge in [-0.1, -0.05) is 32.1 Å². The first kappa shape index (κ1) is 14.4. The number of nitrogen functional groups attached to an aromatic ring is 1. The maximum atomic E-state index is 12.0. The molecule has 1 heterocycles. The van der Waals surface area contributed by atoms with Gasteiger partial charge in [-0.15, -0.1) is 0 Å². The van der Waals surface area contributed by atoms with Crippen molar-refractivity contribution >= 4 is 28.3 Å². The topological polar surface area (TPSA) is 105 Å². The van der Waals surface area contributed by atoms with Gasteiger partial charge in [0, 0.05) is 0 Å². The number of nitrogens with two attached hydrogens (primary N) is 1. The molecule has 0 saturated heterocycles. The van der Waals surface area contributed by atoms with Crippen LogP contribution in [-0.4, -0.2) is 28.0 Å². The smallest absolute Gasteiger partial charge is 0.326 e. The minimum absolute atomic E-state index is 0.292. The van der Waals surface area contributed by atoms with E-state index in [-0.39, 0.29) is 0 Å². The first-order valence-corrected chi connectivity index (χ1v) is 6.21. The van der Waals surface area contributed by atoms with Crippen molar-refractivity contribution in [2.75, 3.05) is 5.73 Å². The highest BCUT2D eigenvalue weighted by Crippen LogP contribution is 2.23. The number of nitrogens with zero attached hydrogens (tertiary/aromatic N) is 1. The van der Waals surface area contributed by atoms with Gasteiger partial charge in [-0.3, -0.25) is 4.79 Å². The van der Waals surface area contributed by atoms with E-state index < -0.39 is 23.3 Å². The molecule has 0 aliphatic rings. The van der Waals surface area contributed by atoms with E-state index >= 15 is 0 Å². The maximum Gasteiger partial charge on any atom is 0.326 e. The lowest BCUT2D eigenvalue weighted by atomic mass is 9.87. The monoisotopic (exact) mass is 271 g/mol. The Morgan fingerprint density at radius 3 is 2.33 bits per heavy atom. The standard InChI is InChI=1S/C11H17N3O3S/c1-5-6(18-10(12)13-5)8(15)14-7(9(16)17)11(2,3)4/h7H,1-4H3,(H2,12,13)(H,14,15)(H,16,17). The van der Waals surface area contributed by atoms with Crippen LogP contribution in [0.4, 0.5) is 5.13 Å². The second-order valence-electron chi connectivity index (χ2n) is 5.08. The SMILES string of the molecule is Cc1nc(N)sc1C(=O)NC(C(=O)O)C(C)(C)C. The van der Waals surface area contributed by atoms with E-state index in [1.165, 1.54) is 0 Å². The number of carbonyl (C=O) groups excluding carboxylic acids is 1. The minimum Gasteiger partial charge on any atom is -0.480 e. The summed E-state index contributed by atoms with van der Waals surface area (Å²) in [7, 11) is 0. The summed E-state index contributed by atoms with van der Waals surface area (Å²) >= 11 is 1.05. The molecule has 0 saturated carbocycles. The summed E-state index contributed by atoms with van der Waals surface area (Å²) in [5.74, 6) is -1.52. The van der Waals surface area contributed by atoms with Gasteiger partial charge < -0.3 is 16.2 Å². The first-order valence-electron chi connectivity index (χ1n) is 5.39. The van der Waals surface area contributed by atoms with Crippen molar-refractivity contribution in [3.63, 3.8) is 0 Å². The summed E-state index contributed by atoms with van der Waals surface area (Å²) in [5.41, 5.74) is 5.43. The number of anilines is 1. The van der Waals surface area contributed by atoms with E-state index in [1.807, 2.05) is 0 Å². The summed E-state index contributed by atoms with van der Waals surface area (Å²) in [4.78, 5) is 27.4. The molecule has 0 aliphatic carbocycles. The number of aromatic nitrogens is 1. The summed E-state index contributed by atoms with van der Waals surface area (Å²) in [6, 6.07) is -0.965. The molecule has 1 aromatic rings. The Morgan fingerprint density at radius 1 is 1.44 bits per heavy atom. The Labute approximate surface area is 109 Å². The Kier molecular flexibility index (Phi) is 3.95. The van der Waals surface area contributed by atoms with Gasteiger partial charge in [-0.2, -0.15) is 0 Å². The molecule has 6 nitrogen and oxygen atoms in total. The molecule has 0 radical (unpaired) electrons. The molecule has 1 aromatic heterocycles. The summed E-state index contributed by atoms with van der Waals surface area (Å²) in [6.07, 6.45) is 0. The van der Waals surface area contributed by atoms with Crippen LogP contribution < -0.4 is 11.1 Å². The minimum atomic E-state index is -1.06. The zero-order valence-electron chi connectivity index (χ0n) is 10.8. The van der Waals surface area contributed by atoms with Crippen molar-refractivity contribution in [2.24, 2.45) is 5.41 Å².